The Hall–Kier alpha value is -2.62. The van der Waals surface area contributed by atoms with Crippen molar-refractivity contribution in [1.29, 1.82) is 5.26 Å². The fraction of sp³-hybridized carbons (Fsp3) is 0.467. The quantitative estimate of drug-likeness (QED) is 0.847. The van der Waals surface area contributed by atoms with Gasteiger partial charge in [-0.1, -0.05) is 0 Å². The summed E-state index contributed by atoms with van der Waals surface area (Å²) in [5.74, 6) is 1.70. The minimum atomic E-state index is 0.569. The number of hydrogen-bond acceptors (Lipinski definition) is 6. The third kappa shape index (κ3) is 1.99. The van der Waals surface area contributed by atoms with Gasteiger partial charge in [0.05, 0.1) is 30.5 Å². The summed E-state index contributed by atoms with van der Waals surface area (Å²) in [7, 11) is 0. The van der Waals surface area contributed by atoms with Crippen molar-refractivity contribution < 1.29 is 0 Å². The summed E-state index contributed by atoms with van der Waals surface area (Å²) in [5.41, 5.74) is 3.96. The lowest BCUT2D eigenvalue weighted by Crippen LogP contribution is -2.22. The van der Waals surface area contributed by atoms with Crippen molar-refractivity contribution >= 4 is 5.82 Å². The Bertz CT molecular complexity index is 752. The van der Waals surface area contributed by atoms with E-state index in [2.05, 4.69) is 21.3 Å². The summed E-state index contributed by atoms with van der Waals surface area (Å²) in [5, 5.41) is 16.2. The topological polar surface area (TPSA) is 84.7 Å². The maximum atomic E-state index is 9.19. The first-order chi connectivity index (χ1) is 10.8. The molecule has 0 aromatic carbocycles. The van der Waals surface area contributed by atoms with E-state index in [9.17, 15) is 5.26 Å². The molecule has 22 heavy (non-hydrogen) atoms. The van der Waals surface area contributed by atoms with Crippen LogP contribution in [-0.2, 0) is 13.1 Å². The van der Waals surface area contributed by atoms with Crippen LogP contribution in [0.1, 0.15) is 29.8 Å². The van der Waals surface area contributed by atoms with Crippen LogP contribution < -0.4 is 4.90 Å². The molecule has 7 heteroatoms. The number of nitrogens with zero attached hydrogens (tertiary/aromatic N) is 6. The maximum Gasteiger partial charge on any atom is 0.180 e. The standard InChI is InChI=1S/C15H17N7/c1-10-11(6-17-20-10)14-18-13-8-21(9-16)7-12(13)15(19-14)22-4-2-3-5-22/h6H,2-5,7-8H2,1H3,(H,17,20). The van der Waals surface area contributed by atoms with Gasteiger partial charge < -0.3 is 9.80 Å². The number of aromatic amines is 1. The first kappa shape index (κ1) is 13.1. The van der Waals surface area contributed by atoms with E-state index in [1.54, 1.807) is 11.1 Å². The van der Waals surface area contributed by atoms with Gasteiger partial charge in [0.2, 0.25) is 0 Å². The lowest BCUT2D eigenvalue weighted by molar-refractivity contribution is 0.415. The average molecular weight is 295 g/mol. The zero-order valence-corrected chi connectivity index (χ0v) is 12.5. The highest BCUT2D eigenvalue weighted by Gasteiger charge is 2.28. The number of rotatable bonds is 2. The Morgan fingerprint density at radius 2 is 2.05 bits per heavy atom. The molecule has 1 saturated heterocycles. The molecular formula is C15H17N7. The summed E-state index contributed by atoms with van der Waals surface area (Å²) in [6.45, 7) is 5.21. The molecule has 1 N–H and O–H groups in total. The second-order valence-electron chi connectivity index (χ2n) is 5.85. The molecule has 2 aliphatic heterocycles. The van der Waals surface area contributed by atoms with E-state index in [4.69, 9.17) is 9.97 Å². The summed E-state index contributed by atoms with van der Waals surface area (Å²) >= 11 is 0. The van der Waals surface area contributed by atoms with Crippen molar-refractivity contribution in [2.75, 3.05) is 18.0 Å². The number of hydrogen-bond donors (Lipinski definition) is 1. The van der Waals surface area contributed by atoms with Gasteiger partial charge in [-0.2, -0.15) is 10.4 Å². The molecule has 0 radical (unpaired) electrons. The second-order valence-corrected chi connectivity index (χ2v) is 5.85. The number of nitriles is 1. The normalized spacial score (nSPS) is 16.9. The van der Waals surface area contributed by atoms with E-state index >= 15 is 0 Å². The van der Waals surface area contributed by atoms with Gasteiger partial charge in [0, 0.05) is 24.3 Å². The Balaban J connectivity index is 1.84. The highest BCUT2D eigenvalue weighted by atomic mass is 15.2. The zero-order valence-electron chi connectivity index (χ0n) is 12.5. The van der Waals surface area contributed by atoms with Gasteiger partial charge in [-0.3, -0.25) is 5.10 Å². The molecule has 0 atom stereocenters. The Labute approximate surface area is 128 Å². The summed E-state index contributed by atoms with van der Waals surface area (Å²) in [4.78, 5) is 13.6. The van der Waals surface area contributed by atoms with Gasteiger partial charge in [-0.05, 0) is 19.8 Å². The molecule has 112 valence electrons. The molecule has 0 unspecified atom stereocenters. The molecule has 2 aliphatic rings. The molecule has 4 heterocycles. The second kappa shape index (κ2) is 4.98. The molecule has 0 aliphatic carbocycles. The van der Waals surface area contributed by atoms with Gasteiger partial charge in [0.25, 0.3) is 0 Å². The van der Waals surface area contributed by atoms with Crippen molar-refractivity contribution in [2.45, 2.75) is 32.9 Å². The minimum absolute atomic E-state index is 0.569. The smallest absolute Gasteiger partial charge is 0.180 e. The van der Waals surface area contributed by atoms with Crippen molar-refractivity contribution in [3.05, 3.63) is 23.1 Å². The van der Waals surface area contributed by atoms with Crippen LogP contribution in [0.4, 0.5) is 5.82 Å². The first-order valence-corrected chi connectivity index (χ1v) is 7.56. The molecule has 0 amide bonds. The van der Waals surface area contributed by atoms with Gasteiger partial charge in [0.15, 0.2) is 12.0 Å². The van der Waals surface area contributed by atoms with E-state index in [0.29, 0.717) is 18.9 Å². The van der Waals surface area contributed by atoms with E-state index in [1.165, 1.54) is 12.8 Å². The number of nitrogens with one attached hydrogen (secondary N) is 1. The third-order valence-corrected chi connectivity index (χ3v) is 4.38. The monoisotopic (exact) mass is 295 g/mol. The Morgan fingerprint density at radius 1 is 1.23 bits per heavy atom. The molecule has 0 bridgehead atoms. The van der Waals surface area contributed by atoms with Crippen molar-refractivity contribution in [3.8, 4) is 17.6 Å². The van der Waals surface area contributed by atoms with E-state index in [1.807, 2.05) is 6.92 Å². The number of aromatic nitrogens is 4. The van der Waals surface area contributed by atoms with Crippen molar-refractivity contribution in [2.24, 2.45) is 0 Å². The molecule has 0 saturated carbocycles. The Morgan fingerprint density at radius 3 is 2.73 bits per heavy atom. The summed E-state index contributed by atoms with van der Waals surface area (Å²) in [6.07, 6.45) is 6.38. The van der Waals surface area contributed by atoms with Crippen molar-refractivity contribution in [3.63, 3.8) is 0 Å². The van der Waals surface area contributed by atoms with Crippen LogP contribution in [0.2, 0.25) is 0 Å². The van der Waals surface area contributed by atoms with Gasteiger partial charge in [0.1, 0.15) is 5.82 Å². The lowest BCUT2D eigenvalue weighted by Gasteiger charge is -2.20. The van der Waals surface area contributed by atoms with E-state index < -0.39 is 0 Å². The predicted molar refractivity (Wildman–Crippen MR) is 80.7 cm³/mol. The summed E-state index contributed by atoms with van der Waals surface area (Å²) in [6, 6.07) is 0. The van der Waals surface area contributed by atoms with E-state index in [-0.39, 0.29) is 0 Å². The highest BCUT2D eigenvalue weighted by molar-refractivity contribution is 5.62. The SMILES string of the molecule is Cc1[nH]ncc1-c1nc2c(c(N3CCCC3)n1)CN(C#N)C2. The Kier molecular flexibility index (Phi) is 2.96. The molecule has 7 nitrogen and oxygen atoms in total. The number of H-pyrrole nitrogens is 1. The van der Waals surface area contributed by atoms with Crippen LogP contribution in [0, 0.1) is 18.4 Å². The van der Waals surface area contributed by atoms with Gasteiger partial charge >= 0.3 is 0 Å². The fourth-order valence-corrected chi connectivity index (χ4v) is 3.20. The molecule has 1 fully saturated rings. The molecule has 0 spiro atoms. The number of fused-ring (bicyclic) bond motifs is 1. The highest BCUT2D eigenvalue weighted by Crippen LogP contribution is 2.33. The fourth-order valence-electron chi connectivity index (χ4n) is 3.20. The van der Waals surface area contributed by atoms with Gasteiger partial charge in [-0.25, -0.2) is 9.97 Å². The van der Waals surface area contributed by atoms with Crippen LogP contribution in [0.25, 0.3) is 11.4 Å². The van der Waals surface area contributed by atoms with Crippen LogP contribution in [0.3, 0.4) is 0 Å². The minimum Gasteiger partial charge on any atom is -0.356 e. The van der Waals surface area contributed by atoms with E-state index in [0.717, 1.165) is 41.4 Å². The average Bonchev–Trinajstić information content (AvgIpc) is 3.25. The predicted octanol–water partition coefficient (Wildman–Crippen LogP) is 1.57. The zero-order chi connectivity index (χ0) is 15.1. The largest absolute Gasteiger partial charge is 0.356 e. The van der Waals surface area contributed by atoms with Gasteiger partial charge in [-0.15, -0.1) is 0 Å². The maximum absolute atomic E-state index is 9.19. The first-order valence-electron chi connectivity index (χ1n) is 7.56. The van der Waals surface area contributed by atoms with Crippen LogP contribution in [0.5, 0.6) is 0 Å². The van der Waals surface area contributed by atoms with Crippen LogP contribution in [-0.4, -0.2) is 38.2 Å². The molecule has 2 aromatic rings. The molecule has 2 aromatic heterocycles. The van der Waals surface area contributed by atoms with Crippen molar-refractivity contribution in [1.82, 2.24) is 25.1 Å². The van der Waals surface area contributed by atoms with Crippen LogP contribution in [0.15, 0.2) is 6.20 Å². The number of anilines is 1. The molecule has 4 rings (SSSR count). The number of aryl methyl sites for hydroxylation is 1. The van der Waals surface area contributed by atoms with Crippen LogP contribution >= 0.6 is 0 Å². The third-order valence-electron chi connectivity index (χ3n) is 4.38. The molecular weight excluding hydrogens is 278 g/mol. The summed E-state index contributed by atoms with van der Waals surface area (Å²) < 4.78 is 0. The lowest BCUT2D eigenvalue weighted by atomic mass is 10.2.